The van der Waals surface area contributed by atoms with Crippen molar-refractivity contribution in [3.05, 3.63) is 74.3 Å². The standard InChI is InChI=1S/C17H9ClF3N3O3/c18-14-5-4-12(17(19,20)21)8-15(14)23-16(25)11(9-22)6-10-2-1-3-13(7-10)24(26)27/h1-8H,(H,23,25)/b11-6+. The first kappa shape index (κ1) is 19.9. The number of hydrogen-bond acceptors (Lipinski definition) is 4. The van der Waals surface area contributed by atoms with Crippen molar-refractivity contribution < 1.29 is 22.9 Å². The van der Waals surface area contributed by atoms with Gasteiger partial charge in [0.15, 0.2) is 0 Å². The summed E-state index contributed by atoms with van der Waals surface area (Å²) >= 11 is 5.79. The molecule has 1 amide bonds. The summed E-state index contributed by atoms with van der Waals surface area (Å²) in [7, 11) is 0. The Kier molecular flexibility index (Phi) is 5.82. The fourth-order valence-electron chi connectivity index (χ4n) is 2.03. The van der Waals surface area contributed by atoms with E-state index in [4.69, 9.17) is 16.9 Å². The number of alkyl halides is 3. The van der Waals surface area contributed by atoms with E-state index < -0.39 is 28.1 Å². The first-order valence-corrected chi connectivity index (χ1v) is 7.54. The fraction of sp³-hybridized carbons (Fsp3) is 0.0588. The molecule has 0 radical (unpaired) electrons. The zero-order valence-electron chi connectivity index (χ0n) is 13.2. The SMILES string of the molecule is N#C/C(=C\c1cccc([N+](=O)[O-])c1)C(=O)Nc1cc(C(F)(F)F)ccc1Cl. The first-order valence-electron chi connectivity index (χ1n) is 7.16. The summed E-state index contributed by atoms with van der Waals surface area (Å²) in [6, 6.07) is 9.12. The molecular formula is C17H9ClF3N3O3. The molecule has 0 fully saturated rings. The number of halogens is 4. The van der Waals surface area contributed by atoms with Gasteiger partial charge in [-0.15, -0.1) is 0 Å². The molecule has 27 heavy (non-hydrogen) atoms. The zero-order valence-corrected chi connectivity index (χ0v) is 14.0. The number of anilines is 1. The normalized spacial score (nSPS) is 11.6. The Balaban J connectivity index is 2.32. The molecule has 0 aliphatic carbocycles. The minimum Gasteiger partial charge on any atom is -0.320 e. The van der Waals surface area contributed by atoms with Crippen LogP contribution in [0.5, 0.6) is 0 Å². The third kappa shape index (κ3) is 5.05. The Labute approximate surface area is 155 Å². The van der Waals surface area contributed by atoms with E-state index in [1.807, 2.05) is 0 Å². The molecule has 0 aliphatic rings. The molecule has 0 saturated carbocycles. The van der Waals surface area contributed by atoms with Gasteiger partial charge in [0.25, 0.3) is 11.6 Å². The van der Waals surface area contributed by atoms with E-state index in [-0.39, 0.29) is 22.0 Å². The third-order valence-corrected chi connectivity index (χ3v) is 3.63. The van der Waals surface area contributed by atoms with Crippen LogP contribution in [0.15, 0.2) is 48.0 Å². The summed E-state index contributed by atoms with van der Waals surface area (Å²) < 4.78 is 38.3. The number of benzene rings is 2. The van der Waals surface area contributed by atoms with Crippen LogP contribution in [0.25, 0.3) is 6.08 Å². The average Bonchev–Trinajstić information content (AvgIpc) is 2.60. The van der Waals surface area contributed by atoms with Crippen LogP contribution < -0.4 is 5.32 Å². The molecule has 2 aromatic rings. The maximum atomic E-state index is 12.8. The lowest BCUT2D eigenvalue weighted by molar-refractivity contribution is -0.384. The van der Waals surface area contributed by atoms with Crippen molar-refractivity contribution in [2.24, 2.45) is 0 Å². The molecule has 0 aromatic heterocycles. The van der Waals surface area contributed by atoms with Crippen molar-refractivity contribution in [2.75, 3.05) is 5.32 Å². The van der Waals surface area contributed by atoms with Crippen molar-refractivity contribution in [1.29, 1.82) is 5.26 Å². The van der Waals surface area contributed by atoms with Crippen LogP contribution in [0.1, 0.15) is 11.1 Å². The molecule has 0 bridgehead atoms. The van der Waals surface area contributed by atoms with Gasteiger partial charge in [-0.25, -0.2) is 0 Å². The number of carbonyl (C=O) groups is 1. The number of carbonyl (C=O) groups excluding carboxylic acids is 1. The molecule has 0 atom stereocenters. The van der Waals surface area contributed by atoms with E-state index in [0.717, 1.165) is 24.3 Å². The van der Waals surface area contributed by atoms with Crippen LogP contribution in [0.4, 0.5) is 24.5 Å². The Morgan fingerprint density at radius 1 is 1.26 bits per heavy atom. The van der Waals surface area contributed by atoms with Crippen LogP contribution in [0.3, 0.4) is 0 Å². The predicted octanol–water partition coefficient (Wildman–Crippen LogP) is 4.81. The van der Waals surface area contributed by atoms with Crippen LogP contribution >= 0.6 is 11.6 Å². The number of rotatable bonds is 4. The number of amides is 1. The lowest BCUT2D eigenvalue weighted by atomic mass is 10.1. The van der Waals surface area contributed by atoms with Gasteiger partial charge in [0, 0.05) is 12.1 Å². The molecule has 6 nitrogen and oxygen atoms in total. The number of nitrogens with zero attached hydrogens (tertiary/aromatic N) is 2. The number of nitriles is 1. The Hall–Kier alpha value is -3.38. The highest BCUT2D eigenvalue weighted by Gasteiger charge is 2.31. The molecule has 0 saturated heterocycles. The molecule has 2 rings (SSSR count). The third-order valence-electron chi connectivity index (χ3n) is 3.30. The van der Waals surface area contributed by atoms with Crippen molar-refractivity contribution in [3.63, 3.8) is 0 Å². The van der Waals surface area contributed by atoms with E-state index in [1.165, 1.54) is 18.2 Å². The number of nitrogens with one attached hydrogen (secondary N) is 1. The van der Waals surface area contributed by atoms with Crippen molar-refractivity contribution in [3.8, 4) is 6.07 Å². The van der Waals surface area contributed by atoms with E-state index in [0.29, 0.717) is 6.07 Å². The lowest BCUT2D eigenvalue weighted by Gasteiger charge is -2.11. The lowest BCUT2D eigenvalue weighted by Crippen LogP contribution is -2.15. The zero-order chi connectivity index (χ0) is 20.2. The van der Waals surface area contributed by atoms with Crippen molar-refractivity contribution in [2.45, 2.75) is 6.18 Å². The van der Waals surface area contributed by atoms with Crippen molar-refractivity contribution >= 4 is 35.0 Å². The van der Waals surface area contributed by atoms with Gasteiger partial charge in [0.05, 0.1) is 21.2 Å². The largest absolute Gasteiger partial charge is 0.416 e. The molecule has 0 heterocycles. The number of hydrogen-bond donors (Lipinski definition) is 1. The minimum atomic E-state index is -4.64. The molecule has 10 heteroatoms. The number of nitro groups is 1. The molecule has 0 unspecified atom stereocenters. The molecule has 138 valence electrons. The monoisotopic (exact) mass is 395 g/mol. The summed E-state index contributed by atoms with van der Waals surface area (Å²) in [5, 5.41) is 21.9. The van der Waals surface area contributed by atoms with Gasteiger partial charge in [-0.1, -0.05) is 23.7 Å². The van der Waals surface area contributed by atoms with E-state index >= 15 is 0 Å². The molecule has 2 aromatic carbocycles. The van der Waals surface area contributed by atoms with E-state index in [9.17, 15) is 28.1 Å². The average molecular weight is 396 g/mol. The van der Waals surface area contributed by atoms with E-state index in [1.54, 1.807) is 6.07 Å². The maximum Gasteiger partial charge on any atom is 0.416 e. The summed E-state index contributed by atoms with van der Waals surface area (Å²) in [6.45, 7) is 0. The van der Waals surface area contributed by atoms with Gasteiger partial charge in [-0.05, 0) is 29.8 Å². The summed E-state index contributed by atoms with van der Waals surface area (Å²) in [6.07, 6.45) is -3.56. The van der Waals surface area contributed by atoms with Gasteiger partial charge in [0.2, 0.25) is 0 Å². The fourth-order valence-corrected chi connectivity index (χ4v) is 2.20. The Morgan fingerprint density at radius 3 is 2.56 bits per heavy atom. The number of non-ortho nitro benzene ring substituents is 1. The van der Waals surface area contributed by atoms with Gasteiger partial charge >= 0.3 is 6.18 Å². The van der Waals surface area contributed by atoms with Gasteiger partial charge < -0.3 is 5.32 Å². The molecular weight excluding hydrogens is 387 g/mol. The van der Waals surface area contributed by atoms with Crippen LogP contribution in [-0.2, 0) is 11.0 Å². The molecule has 0 spiro atoms. The highest BCUT2D eigenvalue weighted by molar-refractivity contribution is 6.34. The highest BCUT2D eigenvalue weighted by Crippen LogP contribution is 2.34. The smallest absolute Gasteiger partial charge is 0.320 e. The minimum absolute atomic E-state index is 0.149. The van der Waals surface area contributed by atoms with Crippen LogP contribution in [0, 0.1) is 21.4 Å². The maximum absolute atomic E-state index is 12.8. The van der Waals surface area contributed by atoms with Crippen LogP contribution in [-0.4, -0.2) is 10.8 Å². The van der Waals surface area contributed by atoms with Crippen LogP contribution in [0.2, 0.25) is 5.02 Å². The molecule has 0 aliphatic heterocycles. The predicted molar refractivity (Wildman–Crippen MR) is 91.8 cm³/mol. The van der Waals surface area contributed by atoms with Gasteiger partial charge in [-0.2, -0.15) is 18.4 Å². The highest BCUT2D eigenvalue weighted by atomic mass is 35.5. The summed E-state index contributed by atoms with van der Waals surface area (Å²) in [5.74, 6) is -1.01. The van der Waals surface area contributed by atoms with E-state index in [2.05, 4.69) is 5.32 Å². The van der Waals surface area contributed by atoms with Gasteiger partial charge in [0.1, 0.15) is 11.6 Å². The number of nitro benzene ring substituents is 1. The Bertz CT molecular complexity index is 981. The van der Waals surface area contributed by atoms with Gasteiger partial charge in [-0.3, -0.25) is 14.9 Å². The summed E-state index contributed by atoms with van der Waals surface area (Å²) in [5.41, 5.74) is -1.86. The summed E-state index contributed by atoms with van der Waals surface area (Å²) in [4.78, 5) is 22.3. The first-order chi connectivity index (χ1) is 12.6. The quantitative estimate of drug-likeness (QED) is 0.347. The molecule has 1 N–H and O–H groups in total. The van der Waals surface area contributed by atoms with Crippen molar-refractivity contribution in [1.82, 2.24) is 0 Å². The Morgan fingerprint density at radius 2 is 1.96 bits per heavy atom. The topological polar surface area (TPSA) is 96.0 Å². The second-order valence-corrected chi connectivity index (χ2v) is 5.58. The second-order valence-electron chi connectivity index (χ2n) is 5.17. The second kappa shape index (κ2) is 7.88.